The molecular weight excluding hydrogens is 546 g/mol. The van der Waals surface area contributed by atoms with Gasteiger partial charge in [-0.2, -0.15) is 15.2 Å². The molecule has 0 bridgehead atoms. The van der Waals surface area contributed by atoms with Crippen LogP contribution in [-0.2, 0) is 13.0 Å². The van der Waals surface area contributed by atoms with Gasteiger partial charge in [0, 0.05) is 49.5 Å². The molecule has 2 aromatic rings. The zero-order chi connectivity index (χ0) is 31.5. The van der Waals surface area contributed by atoms with Gasteiger partial charge in [0.15, 0.2) is 0 Å². The molecule has 0 spiro atoms. The molecule has 2 fully saturated rings. The lowest BCUT2D eigenvalue weighted by atomic mass is 10.0. The first-order chi connectivity index (χ1) is 21.4. The predicted octanol–water partition coefficient (Wildman–Crippen LogP) is 5.75. The predicted molar refractivity (Wildman–Crippen MR) is 180 cm³/mol. The van der Waals surface area contributed by atoms with Crippen LogP contribution in [0.15, 0.2) is 18.2 Å². The molecule has 5 rings (SSSR count). The summed E-state index contributed by atoms with van der Waals surface area (Å²) in [6, 6.07) is 10.2. The molecule has 1 aromatic carbocycles. The molecule has 2 saturated heterocycles. The number of benzene rings is 1. The van der Waals surface area contributed by atoms with Gasteiger partial charge in [0.2, 0.25) is 0 Å². The van der Waals surface area contributed by atoms with Crippen molar-refractivity contribution in [3.8, 4) is 23.9 Å². The maximum atomic E-state index is 9.63. The minimum atomic E-state index is 0.229. The number of anilines is 2. The van der Waals surface area contributed by atoms with Gasteiger partial charge in [0.25, 0.3) is 0 Å². The van der Waals surface area contributed by atoms with Crippen LogP contribution in [-0.4, -0.2) is 84.8 Å². The highest BCUT2D eigenvalue weighted by Gasteiger charge is 2.32. The molecule has 0 N–H and O–H groups in total. The van der Waals surface area contributed by atoms with Crippen LogP contribution in [0, 0.1) is 37.0 Å². The van der Waals surface area contributed by atoms with E-state index in [2.05, 4.69) is 83.5 Å². The Morgan fingerprint density at radius 1 is 1.00 bits per heavy atom. The molecule has 2 atom stereocenters. The summed E-state index contributed by atoms with van der Waals surface area (Å²) >= 11 is 0. The minimum Gasteiger partial charge on any atom is -0.462 e. The normalized spacial score (nSPS) is 20.2. The third kappa shape index (κ3) is 8.43. The number of nitrogens with zero attached hydrogens (tertiary/aromatic N) is 7. The van der Waals surface area contributed by atoms with Crippen LogP contribution in [0.25, 0.3) is 0 Å². The molecule has 1 aromatic heterocycles. The molecule has 0 aliphatic carbocycles. The smallest absolute Gasteiger partial charge is 0.318 e. The second-order valence-corrected chi connectivity index (χ2v) is 12.4. The van der Waals surface area contributed by atoms with Crippen LogP contribution in [0.2, 0.25) is 0 Å². The Labute approximate surface area is 266 Å². The first-order valence-electron chi connectivity index (χ1n) is 16.6. The fourth-order valence-corrected chi connectivity index (χ4v) is 6.60. The van der Waals surface area contributed by atoms with E-state index >= 15 is 0 Å². The van der Waals surface area contributed by atoms with E-state index in [1.807, 2.05) is 13.8 Å². The lowest BCUT2D eigenvalue weighted by Gasteiger charge is -2.42. The van der Waals surface area contributed by atoms with Crippen molar-refractivity contribution in [1.29, 1.82) is 5.26 Å². The Morgan fingerprint density at radius 3 is 2.52 bits per heavy atom. The van der Waals surface area contributed by atoms with E-state index in [0.717, 1.165) is 70.2 Å². The molecule has 3 aliphatic rings. The number of ether oxygens (including phenoxy) is 1. The quantitative estimate of drug-likeness (QED) is 0.253. The van der Waals surface area contributed by atoms with Gasteiger partial charge in [-0.05, 0) is 90.7 Å². The number of aromatic nitrogens is 2. The van der Waals surface area contributed by atoms with E-state index in [1.165, 1.54) is 48.1 Å². The third-order valence-corrected chi connectivity index (χ3v) is 9.55. The molecule has 0 amide bonds. The van der Waals surface area contributed by atoms with Crippen molar-refractivity contribution in [3.05, 3.63) is 40.6 Å². The van der Waals surface area contributed by atoms with Crippen molar-refractivity contribution >= 4 is 11.5 Å². The second-order valence-electron chi connectivity index (χ2n) is 12.4. The summed E-state index contributed by atoms with van der Waals surface area (Å²) < 4.78 is 6.33. The molecule has 2 unspecified atom stereocenters. The summed E-state index contributed by atoms with van der Waals surface area (Å²) in [4.78, 5) is 19.9. The highest BCUT2D eigenvalue weighted by atomic mass is 16.5. The summed E-state index contributed by atoms with van der Waals surface area (Å²) in [5, 5.41) is 9.63. The average molecular weight is 600 g/mol. The van der Waals surface area contributed by atoms with Crippen molar-refractivity contribution in [1.82, 2.24) is 19.8 Å². The number of rotatable bonds is 10. The number of likely N-dealkylation sites (tertiary alicyclic amines) is 1. The summed E-state index contributed by atoms with van der Waals surface area (Å²) in [7, 11) is 2.18. The Morgan fingerprint density at radius 2 is 1.82 bits per heavy atom. The van der Waals surface area contributed by atoms with Crippen molar-refractivity contribution in [3.63, 3.8) is 0 Å². The van der Waals surface area contributed by atoms with Crippen LogP contribution < -0.4 is 14.5 Å². The number of nitriles is 1. The van der Waals surface area contributed by atoms with Crippen LogP contribution in [0.1, 0.15) is 81.7 Å². The monoisotopic (exact) mass is 599 g/mol. The van der Waals surface area contributed by atoms with Crippen molar-refractivity contribution in [2.75, 3.05) is 62.7 Å². The minimum absolute atomic E-state index is 0.229. The fraction of sp³-hybridized carbons (Fsp3) is 0.639. The first kappa shape index (κ1) is 33.6. The van der Waals surface area contributed by atoms with Gasteiger partial charge in [-0.25, -0.2) is 0 Å². The van der Waals surface area contributed by atoms with Crippen LogP contribution in [0.5, 0.6) is 6.01 Å². The van der Waals surface area contributed by atoms with Gasteiger partial charge in [0.05, 0.1) is 24.7 Å². The van der Waals surface area contributed by atoms with E-state index in [1.54, 1.807) is 0 Å². The molecular formula is C36H53N7O. The SMILES string of the molecule is CC#CC.CCCCCN1CCN(c2nc(OCC3CCCN3C)nc3c2CCN(c2cccc(C)c2C)C3)CC1CC#N. The number of unbranched alkanes of at least 4 members (excludes halogenated alkanes) is 2. The molecule has 4 heterocycles. The second kappa shape index (κ2) is 16.7. The van der Waals surface area contributed by atoms with E-state index in [-0.39, 0.29) is 6.04 Å². The maximum Gasteiger partial charge on any atom is 0.318 e. The molecule has 8 heteroatoms. The largest absolute Gasteiger partial charge is 0.462 e. The summed E-state index contributed by atoms with van der Waals surface area (Å²) in [5.41, 5.74) is 6.27. The van der Waals surface area contributed by atoms with Gasteiger partial charge in [-0.1, -0.05) is 31.9 Å². The number of hydrogen-bond donors (Lipinski definition) is 0. The number of aryl methyl sites for hydroxylation is 1. The number of likely N-dealkylation sites (N-methyl/N-ethyl adjacent to an activating group) is 1. The van der Waals surface area contributed by atoms with Gasteiger partial charge in [0.1, 0.15) is 12.4 Å². The zero-order valence-electron chi connectivity index (χ0n) is 28.0. The lowest BCUT2D eigenvalue weighted by Crippen LogP contribution is -2.54. The summed E-state index contributed by atoms with van der Waals surface area (Å²) in [5.74, 6) is 6.39. The van der Waals surface area contributed by atoms with E-state index in [0.29, 0.717) is 25.1 Å². The highest BCUT2D eigenvalue weighted by Crippen LogP contribution is 2.34. The maximum absolute atomic E-state index is 9.63. The Kier molecular flexibility index (Phi) is 12.7. The van der Waals surface area contributed by atoms with Crippen molar-refractivity contribution < 1.29 is 4.74 Å². The molecule has 8 nitrogen and oxygen atoms in total. The van der Waals surface area contributed by atoms with Crippen molar-refractivity contribution in [2.24, 2.45) is 0 Å². The molecule has 0 radical (unpaired) electrons. The highest BCUT2D eigenvalue weighted by molar-refractivity contribution is 5.60. The van der Waals surface area contributed by atoms with Crippen LogP contribution in [0.4, 0.5) is 11.5 Å². The third-order valence-electron chi connectivity index (χ3n) is 9.55. The summed E-state index contributed by atoms with van der Waals surface area (Å²) in [6.45, 7) is 17.5. The molecule has 0 saturated carbocycles. The first-order valence-corrected chi connectivity index (χ1v) is 16.6. The van der Waals surface area contributed by atoms with E-state index in [9.17, 15) is 5.26 Å². The zero-order valence-corrected chi connectivity index (χ0v) is 28.0. The number of fused-ring (bicyclic) bond motifs is 1. The number of hydrogen-bond acceptors (Lipinski definition) is 8. The summed E-state index contributed by atoms with van der Waals surface area (Å²) in [6.07, 6.45) is 7.49. The van der Waals surface area contributed by atoms with E-state index < -0.39 is 0 Å². The number of piperazine rings is 1. The van der Waals surface area contributed by atoms with Gasteiger partial charge >= 0.3 is 6.01 Å². The Bertz CT molecular complexity index is 1320. The molecule has 3 aliphatic heterocycles. The van der Waals surface area contributed by atoms with Crippen LogP contribution >= 0.6 is 0 Å². The molecule has 44 heavy (non-hydrogen) atoms. The lowest BCUT2D eigenvalue weighted by molar-refractivity contribution is 0.173. The Balaban J connectivity index is 0.00000104. The average Bonchev–Trinajstić information content (AvgIpc) is 3.46. The van der Waals surface area contributed by atoms with E-state index in [4.69, 9.17) is 14.7 Å². The fourth-order valence-electron chi connectivity index (χ4n) is 6.60. The van der Waals surface area contributed by atoms with Crippen molar-refractivity contribution in [2.45, 2.75) is 98.2 Å². The standard InChI is InChI=1S/C32H47N7O.C4H6/c1-5-6-7-17-37-19-20-39(21-26(37)13-15-33)31-28-14-18-38(30-12-8-10-24(2)25(30)3)22-29(28)34-32(35-31)40-23-27-11-9-16-36(27)4;1-3-4-2/h8,10,12,26-27H,5-7,9,11,13-14,16-23H2,1-4H3;1-2H3. The Hall–Kier alpha value is -3.33. The van der Waals surface area contributed by atoms with Gasteiger partial charge in [-0.15, -0.1) is 11.8 Å². The molecule has 238 valence electrons. The van der Waals surface area contributed by atoms with Crippen LogP contribution in [0.3, 0.4) is 0 Å². The van der Waals surface area contributed by atoms with Gasteiger partial charge in [-0.3, -0.25) is 4.90 Å². The van der Waals surface area contributed by atoms with Gasteiger partial charge < -0.3 is 19.4 Å². The topological polar surface area (TPSA) is 71.8 Å².